The first-order valence-electron chi connectivity index (χ1n) is 10.7. The van der Waals surface area contributed by atoms with Crippen LogP contribution in [0, 0.1) is 27.7 Å². The summed E-state index contributed by atoms with van der Waals surface area (Å²) in [7, 11) is -2.16. The maximum atomic E-state index is 12.5. The van der Waals surface area contributed by atoms with E-state index >= 15 is 0 Å². The second kappa shape index (κ2) is 10.1. The average Bonchev–Trinajstić information content (AvgIpc) is 3.05. The Hall–Kier alpha value is -3.59. The third-order valence-electron chi connectivity index (χ3n) is 5.57. The number of nitrogens with zero attached hydrogens (tertiary/aromatic N) is 3. The zero-order chi connectivity index (χ0) is 25.0. The van der Waals surface area contributed by atoms with E-state index in [-0.39, 0.29) is 0 Å². The number of rotatable bonds is 8. The van der Waals surface area contributed by atoms with Gasteiger partial charge in [0.15, 0.2) is 0 Å². The van der Waals surface area contributed by atoms with E-state index in [1.54, 1.807) is 30.5 Å². The Bertz CT molecular complexity index is 1310. The van der Waals surface area contributed by atoms with E-state index in [1.165, 1.54) is 7.11 Å². The summed E-state index contributed by atoms with van der Waals surface area (Å²) in [5.41, 5.74) is 9.15. The summed E-state index contributed by atoms with van der Waals surface area (Å²) in [6.45, 7) is 7.77. The van der Waals surface area contributed by atoms with Gasteiger partial charge in [-0.05, 0) is 69.2 Å². The summed E-state index contributed by atoms with van der Waals surface area (Å²) in [5.74, 6) is 0.0331. The molecule has 0 saturated carbocycles. The molecule has 1 aromatic heterocycles. The number of hydrazone groups is 1. The van der Waals surface area contributed by atoms with E-state index in [1.807, 2.05) is 26.0 Å². The van der Waals surface area contributed by atoms with Crippen LogP contribution >= 0.6 is 0 Å². The van der Waals surface area contributed by atoms with E-state index in [0.29, 0.717) is 11.4 Å². The smallest absolute Gasteiger partial charge is 0.260 e. The molecule has 3 rings (SSSR count). The van der Waals surface area contributed by atoms with Gasteiger partial charge in [0.2, 0.25) is 10.0 Å². The maximum absolute atomic E-state index is 12.5. The number of carbonyl (C=O) groups excluding carboxylic acids is 1. The molecular weight excluding hydrogens is 452 g/mol. The Balaban J connectivity index is 1.76. The lowest BCUT2D eigenvalue weighted by Crippen LogP contribution is -2.39. The van der Waals surface area contributed by atoms with E-state index in [2.05, 4.69) is 41.1 Å². The number of hydrogen-bond donors (Lipinski definition) is 1. The van der Waals surface area contributed by atoms with Crippen LogP contribution in [-0.4, -0.2) is 45.0 Å². The summed E-state index contributed by atoms with van der Waals surface area (Å²) in [6.07, 6.45) is 2.62. The summed E-state index contributed by atoms with van der Waals surface area (Å²) >= 11 is 0. The molecule has 0 aliphatic carbocycles. The Morgan fingerprint density at radius 2 is 1.71 bits per heavy atom. The molecule has 1 amide bonds. The Morgan fingerprint density at radius 1 is 1.09 bits per heavy atom. The summed E-state index contributed by atoms with van der Waals surface area (Å²) < 4.78 is 32.8. The summed E-state index contributed by atoms with van der Waals surface area (Å²) in [4.78, 5) is 12.5. The van der Waals surface area contributed by atoms with Gasteiger partial charge in [-0.3, -0.25) is 9.10 Å². The van der Waals surface area contributed by atoms with E-state index in [9.17, 15) is 13.2 Å². The minimum Gasteiger partial charge on any atom is -0.497 e. The monoisotopic (exact) mass is 482 g/mol. The number of carbonyl (C=O) groups is 1. The molecule has 2 aromatic carbocycles. The standard InChI is InChI=1S/C25H30N4O4S/c1-17-8-7-9-18(2)25(17)29-19(3)14-21(20(29)4)15-26-27-24(30)16-28(34(6,31)32)22-10-12-23(33-5)13-11-22/h7-15H,16H2,1-6H3,(H,27,30). The first kappa shape index (κ1) is 25.0. The van der Waals surface area contributed by atoms with Gasteiger partial charge in [-0.2, -0.15) is 5.10 Å². The number of amides is 1. The molecule has 0 fully saturated rings. The second-order valence-electron chi connectivity index (χ2n) is 8.16. The van der Waals surface area contributed by atoms with Gasteiger partial charge in [0.25, 0.3) is 5.91 Å². The number of para-hydroxylation sites is 1. The molecule has 0 spiro atoms. The van der Waals surface area contributed by atoms with Crippen molar-refractivity contribution in [3.8, 4) is 11.4 Å². The lowest BCUT2D eigenvalue weighted by molar-refractivity contribution is -0.119. The predicted octanol–water partition coefficient (Wildman–Crippen LogP) is 3.64. The fourth-order valence-electron chi connectivity index (χ4n) is 3.91. The SMILES string of the molecule is COc1ccc(N(CC(=O)NN=Cc2cc(C)n(-c3c(C)cccc3C)c2C)S(C)(=O)=O)cc1. The Kier molecular flexibility index (Phi) is 7.46. The van der Waals surface area contributed by atoms with Crippen LogP contribution in [0.3, 0.4) is 0 Å². The predicted molar refractivity (Wildman–Crippen MR) is 136 cm³/mol. The fourth-order valence-corrected chi connectivity index (χ4v) is 4.77. The van der Waals surface area contributed by atoms with E-state index in [0.717, 1.165) is 44.3 Å². The third-order valence-corrected chi connectivity index (χ3v) is 6.71. The largest absolute Gasteiger partial charge is 0.497 e. The minimum atomic E-state index is -3.68. The number of benzene rings is 2. The number of methoxy groups -OCH3 is 1. The van der Waals surface area contributed by atoms with Crippen molar-refractivity contribution in [2.75, 3.05) is 24.2 Å². The number of hydrogen-bond acceptors (Lipinski definition) is 5. The van der Waals surface area contributed by atoms with Crippen molar-refractivity contribution in [2.24, 2.45) is 5.10 Å². The third kappa shape index (κ3) is 5.48. The van der Waals surface area contributed by atoms with Gasteiger partial charge in [-0.15, -0.1) is 0 Å². The van der Waals surface area contributed by atoms with Crippen molar-refractivity contribution >= 4 is 27.8 Å². The highest BCUT2D eigenvalue weighted by atomic mass is 32.2. The zero-order valence-electron chi connectivity index (χ0n) is 20.3. The molecule has 180 valence electrons. The average molecular weight is 483 g/mol. The first-order valence-corrected chi connectivity index (χ1v) is 12.6. The molecule has 34 heavy (non-hydrogen) atoms. The van der Waals surface area contributed by atoms with Gasteiger partial charge in [0.1, 0.15) is 12.3 Å². The minimum absolute atomic E-state index is 0.361. The topological polar surface area (TPSA) is 93.0 Å². The molecule has 0 atom stereocenters. The molecule has 0 saturated heterocycles. The number of aromatic nitrogens is 1. The highest BCUT2D eigenvalue weighted by Crippen LogP contribution is 2.25. The van der Waals surface area contributed by atoms with Crippen LogP contribution in [0.2, 0.25) is 0 Å². The van der Waals surface area contributed by atoms with Crippen molar-refractivity contribution in [1.82, 2.24) is 9.99 Å². The highest BCUT2D eigenvalue weighted by Gasteiger charge is 2.21. The number of sulfonamides is 1. The van der Waals surface area contributed by atoms with Crippen molar-refractivity contribution in [3.63, 3.8) is 0 Å². The first-order chi connectivity index (χ1) is 16.0. The van der Waals surface area contributed by atoms with Gasteiger partial charge in [0, 0.05) is 17.0 Å². The molecule has 0 unspecified atom stereocenters. The molecule has 0 aliphatic rings. The van der Waals surface area contributed by atoms with Crippen molar-refractivity contribution < 1.29 is 17.9 Å². The van der Waals surface area contributed by atoms with Gasteiger partial charge in [-0.25, -0.2) is 13.8 Å². The van der Waals surface area contributed by atoms with Crippen LogP contribution in [-0.2, 0) is 14.8 Å². The van der Waals surface area contributed by atoms with Crippen LogP contribution in [0.1, 0.15) is 28.1 Å². The van der Waals surface area contributed by atoms with Crippen LogP contribution in [0.25, 0.3) is 5.69 Å². The fraction of sp³-hybridized carbons (Fsp3) is 0.280. The normalized spacial score (nSPS) is 11.6. The molecule has 8 nitrogen and oxygen atoms in total. The van der Waals surface area contributed by atoms with Crippen molar-refractivity contribution in [2.45, 2.75) is 27.7 Å². The van der Waals surface area contributed by atoms with Crippen LogP contribution < -0.4 is 14.5 Å². The molecule has 3 aromatic rings. The second-order valence-corrected chi connectivity index (χ2v) is 10.1. The molecule has 0 aliphatic heterocycles. The number of aryl methyl sites for hydroxylation is 3. The van der Waals surface area contributed by atoms with Crippen LogP contribution in [0.4, 0.5) is 5.69 Å². The Labute approximate surface area is 200 Å². The lowest BCUT2D eigenvalue weighted by atomic mass is 10.1. The molecule has 9 heteroatoms. The van der Waals surface area contributed by atoms with Gasteiger partial charge in [-0.1, -0.05) is 18.2 Å². The van der Waals surface area contributed by atoms with Crippen LogP contribution in [0.5, 0.6) is 5.75 Å². The lowest BCUT2D eigenvalue weighted by Gasteiger charge is -2.21. The molecule has 1 N–H and O–H groups in total. The molecule has 1 heterocycles. The highest BCUT2D eigenvalue weighted by molar-refractivity contribution is 7.92. The number of nitrogens with one attached hydrogen (secondary N) is 1. The quantitative estimate of drug-likeness (QED) is 0.392. The molecular formula is C25H30N4O4S. The van der Waals surface area contributed by atoms with Crippen molar-refractivity contribution in [3.05, 3.63) is 76.6 Å². The van der Waals surface area contributed by atoms with Gasteiger partial charge >= 0.3 is 0 Å². The Morgan fingerprint density at radius 3 is 2.26 bits per heavy atom. The van der Waals surface area contributed by atoms with E-state index in [4.69, 9.17) is 4.74 Å². The summed E-state index contributed by atoms with van der Waals surface area (Å²) in [6, 6.07) is 14.6. The number of anilines is 1. The molecule has 0 radical (unpaired) electrons. The number of ether oxygens (including phenoxy) is 1. The zero-order valence-corrected chi connectivity index (χ0v) is 21.1. The maximum Gasteiger partial charge on any atom is 0.260 e. The van der Waals surface area contributed by atoms with Crippen molar-refractivity contribution in [1.29, 1.82) is 0 Å². The summed E-state index contributed by atoms with van der Waals surface area (Å²) in [5, 5.41) is 4.07. The van der Waals surface area contributed by atoms with Gasteiger partial charge < -0.3 is 9.30 Å². The van der Waals surface area contributed by atoms with E-state index < -0.39 is 22.5 Å². The molecule has 0 bridgehead atoms. The van der Waals surface area contributed by atoms with Gasteiger partial charge in [0.05, 0.1) is 31.0 Å². The van der Waals surface area contributed by atoms with Crippen LogP contribution in [0.15, 0.2) is 53.6 Å².